The molecule has 0 aromatic rings. The molecule has 0 amide bonds. The van der Waals surface area contributed by atoms with Gasteiger partial charge in [0.1, 0.15) is 0 Å². The molecule has 3 aliphatic rings. The molecular weight excluding hydrogens is 642 g/mol. The Balaban J connectivity index is 2.16. The molecule has 272 valence electrons. The Morgan fingerprint density at radius 3 is 1.98 bits per heavy atom. The normalized spacial score (nSPS) is 31.2. The summed E-state index contributed by atoms with van der Waals surface area (Å²) in [7, 11) is 5.31. The van der Waals surface area contributed by atoms with Crippen LogP contribution in [0.15, 0.2) is 33.5 Å². The Morgan fingerprint density at radius 2 is 1.44 bits per heavy atom. The lowest BCUT2D eigenvalue weighted by molar-refractivity contribution is -0.145. The highest BCUT2D eigenvalue weighted by Crippen LogP contribution is 2.54. The zero-order chi connectivity index (χ0) is 37.5. The van der Waals surface area contributed by atoms with E-state index >= 15 is 0 Å². The van der Waals surface area contributed by atoms with Crippen molar-refractivity contribution in [1.29, 1.82) is 10.5 Å². The molecule has 0 aromatic heterocycles. The molecule has 1 saturated heterocycles. The number of allylic oxidation sites excluding steroid dienone is 4. The summed E-state index contributed by atoms with van der Waals surface area (Å²) in [6, 6.07) is 4.55. The molecular formula is C37H51N5O8. The van der Waals surface area contributed by atoms with Crippen LogP contribution >= 0.6 is 0 Å². The molecule has 13 heteroatoms. The molecule has 6 unspecified atom stereocenters. The third-order valence-corrected chi connectivity index (χ3v) is 11.4. The van der Waals surface area contributed by atoms with Crippen molar-refractivity contribution in [2.75, 3.05) is 35.0 Å². The van der Waals surface area contributed by atoms with Crippen LogP contribution in [0.2, 0.25) is 0 Å². The number of carbonyl (C=O) groups is 4. The Kier molecular flexibility index (Phi) is 12.8. The van der Waals surface area contributed by atoms with Crippen LogP contribution in [-0.4, -0.2) is 75.8 Å². The second kappa shape index (κ2) is 16.0. The fourth-order valence-corrected chi connectivity index (χ4v) is 7.66. The fraction of sp³-hybridized carbons (Fsp3) is 0.676. The maximum absolute atomic E-state index is 12.7. The maximum Gasteiger partial charge on any atom is 0.306 e. The largest absolute Gasteiger partial charge is 0.469 e. The number of ether oxygens (including phenoxy) is 4. The first-order chi connectivity index (χ1) is 23.5. The summed E-state index contributed by atoms with van der Waals surface area (Å²) >= 11 is 0. The van der Waals surface area contributed by atoms with E-state index in [1.807, 2.05) is 26.0 Å². The van der Waals surface area contributed by atoms with Gasteiger partial charge in [0.2, 0.25) is 0 Å². The summed E-state index contributed by atoms with van der Waals surface area (Å²) in [6.07, 6.45) is 5.67. The monoisotopic (exact) mass is 693 g/mol. The van der Waals surface area contributed by atoms with Gasteiger partial charge >= 0.3 is 23.9 Å². The summed E-state index contributed by atoms with van der Waals surface area (Å²) < 4.78 is 19.9. The average molecular weight is 694 g/mol. The van der Waals surface area contributed by atoms with E-state index in [1.165, 1.54) is 28.4 Å². The lowest BCUT2D eigenvalue weighted by atomic mass is 9.62. The van der Waals surface area contributed by atoms with Gasteiger partial charge in [-0.3, -0.25) is 29.2 Å². The number of hydrogen-bond donors (Lipinski definition) is 1. The third kappa shape index (κ3) is 7.93. The third-order valence-electron chi connectivity index (χ3n) is 11.4. The van der Waals surface area contributed by atoms with Crippen molar-refractivity contribution in [1.82, 2.24) is 5.32 Å². The summed E-state index contributed by atoms with van der Waals surface area (Å²) in [5.74, 6) is -2.45. The number of rotatable bonds is 14. The molecule has 13 nitrogen and oxygen atoms in total. The van der Waals surface area contributed by atoms with Crippen LogP contribution < -0.4 is 5.32 Å². The summed E-state index contributed by atoms with van der Waals surface area (Å²) in [5, 5.41) is 23.5. The molecule has 3 aliphatic heterocycles. The number of methoxy groups -OCH3 is 4. The van der Waals surface area contributed by atoms with Gasteiger partial charge in [-0.2, -0.15) is 10.5 Å². The molecule has 0 aromatic carbocycles. The molecule has 0 radical (unpaired) electrons. The van der Waals surface area contributed by atoms with E-state index in [0.29, 0.717) is 25.1 Å². The van der Waals surface area contributed by atoms with Gasteiger partial charge in [-0.25, -0.2) is 0 Å². The molecule has 50 heavy (non-hydrogen) atoms. The van der Waals surface area contributed by atoms with Crippen LogP contribution in [0, 0.1) is 56.7 Å². The van der Waals surface area contributed by atoms with Crippen LogP contribution in [0.25, 0.3) is 0 Å². The van der Waals surface area contributed by atoms with E-state index < -0.39 is 39.6 Å². The molecule has 1 N–H and O–H groups in total. The SMILES string of the molecule is COC(=O)CCC1/C(=C/C2=NCC(CC(=O)OC)C2(C)CCC#N)N/C(=C/C2=NC(C)(C#N)C(C)(CC(=O)OC)C2CCC(=O)OC)C1(C)C. The Hall–Kier alpha value is -4.52. The quantitative estimate of drug-likeness (QED) is 0.195. The molecule has 0 spiro atoms. The van der Waals surface area contributed by atoms with Gasteiger partial charge in [0.25, 0.3) is 0 Å². The number of nitriles is 2. The second-order valence-electron chi connectivity index (χ2n) is 14.5. The second-order valence-corrected chi connectivity index (χ2v) is 14.5. The van der Waals surface area contributed by atoms with Crippen LogP contribution in [0.3, 0.4) is 0 Å². The van der Waals surface area contributed by atoms with Crippen molar-refractivity contribution in [2.45, 2.75) is 91.5 Å². The number of nitrogens with zero attached hydrogens (tertiary/aromatic N) is 4. The van der Waals surface area contributed by atoms with Crippen LogP contribution in [0.1, 0.15) is 86.0 Å². The minimum absolute atomic E-state index is 0.0548. The van der Waals surface area contributed by atoms with Crippen molar-refractivity contribution in [3.8, 4) is 12.1 Å². The minimum Gasteiger partial charge on any atom is -0.469 e. The van der Waals surface area contributed by atoms with Crippen molar-refractivity contribution >= 4 is 35.3 Å². The van der Waals surface area contributed by atoms with E-state index in [0.717, 1.165) is 17.1 Å². The molecule has 1 fully saturated rings. The highest BCUT2D eigenvalue weighted by atomic mass is 16.5. The first-order valence-corrected chi connectivity index (χ1v) is 16.9. The van der Waals surface area contributed by atoms with Gasteiger partial charge in [0.15, 0.2) is 5.54 Å². The number of aliphatic imine (C=N–C) groups is 2. The van der Waals surface area contributed by atoms with E-state index in [4.69, 9.17) is 28.9 Å². The highest BCUT2D eigenvalue weighted by molar-refractivity contribution is 6.03. The van der Waals surface area contributed by atoms with Gasteiger partial charge < -0.3 is 24.3 Å². The topological polar surface area (TPSA) is 190 Å². The van der Waals surface area contributed by atoms with Crippen molar-refractivity contribution in [2.24, 2.45) is 44.0 Å². The summed E-state index contributed by atoms with van der Waals surface area (Å²) in [6.45, 7) is 10.0. The average Bonchev–Trinajstić information content (AvgIpc) is 3.59. The van der Waals surface area contributed by atoms with Gasteiger partial charge in [0, 0.05) is 76.7 Å². The smallest absolute Gasteiger partial charge is 0.306 e. The van der Waals surface area contributed by atoms with Crippen molar-refractivity contribution in [3.63, 3.8) is 0 Å². The summed E-state index contributed by atoms with van der Waals surface area (Å²) in [5.41, 5.74) is -0.604. The van der Waals surface area contributed by atoms with E-state index in [1.54, 1.807) is 6.92 Å². The van der Waals surface area contributed by atoms with Crippen LogP contribution in [-0.2, 0) is 38.1 Å². The molecule has 0 aliphatic carbocycles. The van der Waals surface area contributed by atoms with E-state index in [2.05, 4.69) is 31.3 Å². The van der Waals surface area contributed by atoms with Crippen LogP contribution in [0.4, 0.5) is 0 Å². The Bertz CT molecular complexity index is 1570. The van der Waals surface area contributed by atoms with Crippen molar-refractivity contribution in [3.05, 3.63) is 23.5 Å². The van der Waals surface area contributed by atoms with Gasteiger partial charge in [-0.05, 0) is 44.3 Å². The van der Waals surface area contributed by atoms with Gasteiger partial charge in [-0.15, -0.1) is 0 Å². The molecule has 3 heterocycles. The molecule has 6 atom stereocenters. The Labute approximate surface area is 295 Å². The van der Waals surface area contributed by atoms with Crippen molar-refractivity contribution < 1.29 is 38.1 Å². The lowest BCUT2D eigenvalue weighted by Crippen LogP contribution is -2.45. The van der Waals surface area contributed by atoms with E-state index in [-0.39, 0.29) is 62.3 Å². The number of nitrogens with one attached hydrogen (secondary N) is 1. The van der Waals surface area contributed by atoms with Gasteiger partial charge in [-0.1, -0.05) is 27.7 Å². The first-order valence-electron chi connectivity index (χ1n) is 16.9. The maximum atomic E-state index is 12.7. The predicted molar refractivity (Wildman–Crippen MR) is 184 cm³/mol. The molecule has 3 rings (SSSR count). The van der Waals surface area contributed by atoms with Crippen LogP contribution in [0.5, 0.6) is 0 Å². The number of carbonyl (C=O) groups excluding carboxylic acids is 4. The minimum atomic E-state index is -1.31. The standard InChI is InChI=1S/C37H51N5O8/c1-34(2)24(11-13-30(43)47-6)26(18-29-35(3,15-10-16-38)23(21-40-29)17-32(45)49-8)41-28(34)19-27-25(12-14-31(44)48-7)36(4,20-33(46)50-9)37(5,22-39)42-27/h18-19,23-25,41H,10-15,17,20-21H2,1-9H3/b26-18-,28-19+. The predicted octanol–water partition coefficient (Wildman–Crippen LogP) is 4.77. The zero-order valence-corrected chi connectivity index (χ0v) is 30.8. The van der Waals surface area contributed by atoms with Gasteiger partial charge in [0.05, 0.1) is 53.4 Å². The van der Waals surface area contributed by atoms with E-state index in [9.17, 15) is 29.7 Å². The molecule has 0 bridgehead atoms. The highest BCUT2D eigenvalue weighted by Gasteiger charge is 2.58. The number of esters is 4. The number of hydrogen-bond acceptors (Lipinski definition) is 13. The first kappa shape index (κ1) is 39.9. The molecule has 0 saturated carbocycles. The summed E-state index contributed by atoms with van der Waals surface area (Å²) in [4.78, 5) is 59.5. The zero-order valence-electron chi connectivity index (χ0n) is 30.8. The Morgan fingerprint density at radius 1 is 0.860 bits per heavy atom. The lowest BCUT2D eigenvalue weighted by Gasteiger charge is -2.38. The fourth-order valence-electron chi connectivity index (χ4n) is 7.66.